The van der Waals surface area contributed by atoms with E-state index < -0.39 is 5.60 Å². The van der Waals surface area contributed by atoms with Gasteiger partial charge in [0.05, 0.1) is 6.61 Å². The Kier molecular flexibility index (Phi) is 4.46. The molecule has 1 aliphatic heterocycles. The summed E-state index contributed by atoms with van der Waals surface area (Å²) in [5.74, 6) is 2.79. The summed E-state index contributed by atoms with van der Waals surface area (Å²) in [4.78, 5) is 0. The van der Waals surface area contributed by atoms with Crippen LogP contribution in [0.4, 0.5) is 0 Å². The Balaban J connectivity index is 2.20. The van der Waals surface area contributed by atoms with E-state index in [1.165, 1.54) is 0 Å². The van der Waals surface area contributed by atoms with Gasteiger partial charge in [-0.2, -0.15) is 11.8 Å². The first-order chi connectivity index (χ1) is 8.99. The van der Waals surface area contributed by atoms with E-state index in [1.807, 2.05) is 36.0 Å². The Hall–Kier alpha value is -0.670. The molecule has 1 aromatic carbocycles. The molecule has 0 radical (unpaired) electrons. The first-order valence-corrected chi connectivity index (χ1v) is 8.18. The van der Waals surface area contributed by atoms with Crippen molar-refractivity contribution in [1.29, 1.82) is 0 Å². The molecule has 1 aliphatic rings. The normalized spacial score (nSPS) is 26.1. The van der Waals surface area contributed by atoms with Crippen LogP contribution in [0.3, 0.4) is 0 Å². The third-order valence-electron chi connectivity index (χ3n) is 4.11. The molecule has 0 amide bonds. The van der Waals surface area contributed by atoms with Crippen LogP contribution in [-0.4, -0.2) is 23.2 Å². The predicted octanol–water partition coefficient (Wildman–Crippen LogP) is 3.83. The summed E-state index contributed by atoms with van der Waals surface area (Å²) >= 11 is 1.84. The van der Waals surface area contributed by atoms with Gasteiger partial charge in [-0.05, 0) is 41.7 Å². The highest BCUT2D eigenvalue weighted by molar-refractivity contribution is 7.99. The Bertz CT molecular complexity index is 413. The predicted molar refractivity (Wildman–Crippen MR) is 81.8 cm³/mol. The van der Waals surface area contributed by atoms with Crippen LogP contribution in [0.15, 0.2) is 24.3 Å². The molecule has 19 heavy (non-hydrogen) atoms. The van der Waals surface area contributed by atoms with Gasteiger partial charge in [-0.15, -0.1) is 0 Å². The molecule has 2 rings (SSSR count). The van der Waals surface area contributed by atoms with E-state index in [0.717, 1.165) is 42.3 Å². The number of aliphatic hydroxyl groups is 1. The number of thioether (sulfide) groups is 1. The monoisotopic (exact) mass is 280 g/mol. The molecule has 0 aromatic heterocycles. The van der Waals surface area contributed by atoms with Gasteiger partial charge in [-0.3, -0.25) is 0 Å². The first-order valence-electron chi connectivity index (χ1n) is 7.03. The zero-order chi connectivity index (χ0) is 13.9. The van der Waals surface area contributed by atoms with Crippen molar-refractivity contribution in [2.24, 2.45) is 5.41 Å². The number of benzene rings is 1. The van der Waals surface area contributed by atoms with Gasteiger partial charge in [0.25, 0.3) is 0 Å². The topological polar surface area (TPSA) is 29.5 Å². The summed E-state index contributed by atoms with van der Waals surface area (Å²) in [6.07, 6.45) is 2.05. The zero-order valence-corrected chi connectivity index (χ0v) is 12.9. The van der Waals surface area contributed by atoms with Gasteiger partial charge in [0.2, 0.25) is 0 Å². The van der Waals surface area contributed by atoms with Crippen molar-refractivity contribution in [3.05, 3.63) is 29.8 Å². The first kappa shape index (κ1) is 14.7. The molecule has 2 nitrogen and oxygen atoms in total. The lowest BCUT2D eigenvalue weighted by Gasteiger charge is -2.46. The molecule has 1 unspecified atom stereocenters. The molecule has 1 fully saturated rings. The summed E-state index contributed by atoms with van der Waals surface area (Å²) < 4.78 is 5.60. The van der Waals surface area contributed by atoms with Crippen LogP contribution in [0.25, 0.3) is 0 Å². The Morgan fingerprint density at radius 3 is 2.53 bits per heavy atom. The van der Waals surface area contributed by atoms with Gasteiger partial charge in [0.1, 0.15) is 11.4 Å². The fourth-order valence-corrected chi connectivity index (χ4v) is 4.12. The molecule has 106 valence electrons. The quantitative estimate of drug-likeness (QED) is 0.909. The van der Waals surface area contributed by atoms with Gasteiger partial charge < -0.3 is 9.84 Å². The average molecular weight is 280 g/mol. The average Bonchev–Trinajstić information content (AvgIpc) is 2.40. The van der Waals surface area contributed by atoms with Crippen molar-refractivity contribution in [3.8, 4) is 5.75 Å². The molecule has 3 heteroatoms. The van der Waals surface area contributed by atoms with Gasteiger partial charge in [0, 0.05) is 5.75 Å². The summed E-state index contributed by atoms with van der Waals surface area (Å²) in [6, 6.07) is 7.97. The molecular weight excluding hydrogens is 256 g/mol. The van der Waals surface area contributed by atoms with Crippen LogP contribution < -0.4 is 4.74 Å². The van der Waals surface area contributed by atoms with Crippen LogP contribution >= 0.6 is 11.8 Å². The van der Waals surface area contributed by atoms with Crippen LogP contribution in [0.2, 0.25) is 0 Å². The second-order valence-electron chi connectivity index (χ2n) is 5.92. The van der Waals surface area contributed by atoms with Gasteiger partial charge in [-0.1, -0.05) is 32.9 Å². The molecule has 1 heterocycles. The van der Waals surface area contributed by atoms with E-state index >= 15 is 0 Å². The van der Waals surface area contributed by atoms with Crippen LogP contribution in [0.1, 0.15) is 39.2 Å². The molecule has 1 N–H and O–H groups in total. The Morgan fingerprint density at radius 2 is 1.95 bits per heavy atom. The Morgan fingerprint density at radius 1 is 1.26 bits per heavy atom. The Labute approximate surface area is 120 Å². The SMILES string of the molecule is CCCOc1ccc(C2(O)CSCCC2(C)C)cc1. The largest absolute Gasteiger partial charge is 0.494 e. The fraction of sp³-hybridized carbons (Fsp3) is 0.625. The maximum atomic E-state index is 11.1. The van der Waals surface area contributed by atoms with Crippen molar-refractivity contribution >= 4 is 11.8 Å². The number of ether oxygens (including phenoxy) is 1. The molecular formula is C16H24O2S. The van der Waals surface area contributed by atoms with E-state index in [4.69, 9.17) is 4.74 Å². The highest BCUT2D eigenvalue weighted by Gasteiger charge is 2.46. The minimum Gasteiger partial charge on any atom is -0.494 e. The number of rotatable bonds is 4. The fourth-order valence-electron chi connectivity index (χ4n) is 2.47. The zero-order valence-electron chi connectivity index (χ0n) is 12.1. The lowest BCUT2D eigenvalue weighted by Crippen LogP contribution is -2.47. The van der Waals surface area contributed by atoms with E-state index in [9.17, 15) is 5.11 Å². The van der Waals surface area contributed by atoms with Crippen LogP contribution in [0, 0.1) is 5.41 Å². The molecule has 1 aromatic rings. The maximum absolute atomic E-state index is 11.1. The molecule has 0 aliphatic carbocycles. The van der Waals surface area contributed by atoms with E-state index in [-0.39, 0.29) is 5.41 Å². The van der Waals surface area contributed by atoms with Crippen molar-refractivity contribution in [2.45, 2.75) is 39.2 Å². The maximum Gasteiger partial charge on any atom is 0.119 e. The van der Waals surface area contributed by atoms with E-state index in [2.05, 4.69) is 20.8 Å². The van der Waals surface area contributed by atoms with Gasteiger partial charge in [0.15, 0.2) is 0 Å². The second-order valence-corrected chi connectivity index (χ2v) is 7.02. The number of hydrogen-bond donors (Lipinski definition) is 1. The van der Waals surface area contributed by atoms with Crippen molar-refractivity contribution in [1.82, 2.24) is 0 Å². The van der Waals surface area contributed by atoms with Crippen LogP contribution in [0.5, 0.6) is 5.75 Å². The minimum absolute atomic E-state index is 0.0793. The minimum atomic E-state index is -0.737. The van der Waals surface area contributed by atoms with E-state index in [1.54, 1.807) is 0 Å². The highest BCUT2D eigenvalue weighted by atomic mass is 32.2. The summed E-state index contributed by atoms with van der Waals surface area (Å²) in [6.45, 7) is 7.16. The smallest absolute Gasteiger partial charge is 0.119 e. The highest BCUT2D eigenvalue weighted by Crippen LogP contribution is 2.48. The van der Waals surface area contributed by atoms with Crippen LogP contribution in [-0.2, 0) is 5.60 Å². The molecule has 1 atom stereocenters. The molecule has 1 saturated heterocycles. The summed E-state index contributed by atoms with van der Waals surface area (Å²) in [5.41, 5.74) is 0.192. The lowest BCUT2D eigenvalue weighted by atomic mass is 9.70. The van der Waals surface area contributed by atoms with Crippen molar-refractivity contribution < 1.29 is 9.84 Å². The summed E-state index contributed by atoms with van der Waals surface area (Å²) in [7, 11) is 0. The van der Waals surface area contributed by atoms with E-state index in [0.29, 0.717) is 0 Å². The molecule has 0 spiro atoms. The van der Waals surface area contributed by atoms with Gasteiger partial charge in [-0.25, -0.2) is 0 Å². The molecule has 0 saturated carbocycles. The number of hydrogen-bond acceptors (Lipinski definition) is 3. The standard InChI is InChI=1S/C16H24O2S/c1-4-10-18-14-7-5-13(6-8-14)16(17)12-19-11-9-15(16,2)3/h5-8,17H,4,9-12H2,1-3H3. The lowest BCUT2D eigenvalue weighted by molar-refractivity contribution is -0.0579. The van der Waals surface area contributed by atoms with Gasteiger partial charge >= 0.3 is 0 Å². The second kappa shape index (κ2) is 5.76. The molecule has 0 bridgehead atoms. The third kappa shape index (κ3) is 2.92. The van der Waals surface area contributed by atoms with Crippen molar-refractivity contribution in [3.63, 3.8) is 0 Å². The summed E-state index contributed by atoms with van der Waals surface area (Å²) in [5, 5.41) is 11.1. The third-order valence-corrected chi connectivity index (χ3v) is 5.22. The van der Waals surface area contributed by atoms with Crippen molar-refractivity contribution in [2.75, 3.05) is 18.1 Å².